The highest BCUT2D eigenvalue weighted by molar-refractivity contribution is 5.55. The summed E-state index contributed by atoms with van der Waals surface area (Å²) >= 11 is 0. The minimum absolute atomic E-state index is 0.0766. The van der Waals surface area contributed by atoms with Gasteiger partial charge in [-0.15, -0.1) is 0 Å². The number of aliphatic hydroxyl groups is 1. The van der Waals surface area contributed by atoms with Crippen molar-refractivity contribution < 1.29 is 34.3 Å². The molecule has 26 heavy (non-hydrogen) atoms. The maximum atomic E-state index is 10.1. The van der Waals surface area contributed by atoms with E-state index in [2.05, 4.69) is 0 Å². The van der Waals surface area contributed by atoms with E-state index >= 15 is 0 Å². The molecule has 1 unspecified atom stereocenters. The molecule has 0 aliphatic heterocycles. The Hall–Kier alpha value is -2.80. The third-order valence-corrected chi connectivity index (χ3v) is 4.22. The Balaban J connectivity index is 2.41. The van der Waals surface area contributed by atoms with Gasteiger partial charge in [-0.2, -0.15) is 0 Å². The van der Waals surface area contributed by atoms with Gasteiger partial charge in [0, 0.05) is 5.92 Å². The first-order valence-electron chi connectivity index (χ1n) is 7.98. The van der Waals surface area contributed by atoms with E-state index in [0.717, 1.165) is 11.1 Å². The second-order valence-corrected chi connectivity index (χ2v) is 5.71. The predicted octanol–water partition coefficient (Wildman–Crippen LogP) is 2.45. The second-order valence-electron chi connectivity index (χ2n) is 5.71. The number of aliphatic hydroxyl groups excluding tert-OH is 1. The lowest BCUT2D eigenvalue weighted by Crippen LogP contribution is -2.09. The van der Waals surface area contributed by atoms with Crippen molar-refractivity contribution in [3.63, 3.8) is 0 Å². The van der Waals surface area contributed by atoms with E-state index in [1.165, 1.54) is 28.4 Å². The van der Waals surface area contributed by atoms with E-state index in [1.807, 2.05) is 0 Å². The Kier molecular flexibility index (Phi) is 6.41. The van der Waals surface area contributed by atoms with E-state index in [0.29, 0.717) is 6.42 Å². The summed E-state index contributed by atoms with van der Waals surface area (Å²) in [5, 5.41) is 30.0. The summed E-state index contributed by atoms with van der Waals surface area (Å²) in [5.74, 6) is 0.638. The first-order valence-corrected chi connectivity index (χ1v) is 7.98. The number of methoxy groups -OCH3 is 4. The van der Waals surface area contributed by atoms with Gasteiger partial charge in [-0.25, -0.2) is 0 Å². The molecule has 0 fully saturated rings. The van der Waals surface area contributed by atoms with Gasteiger partial charge in [-0.3, -0.25) is 0 Å². The molecule has 1 atom stereocenters. The van der Waals surface area contributed by atoms with Crippen molar-refractivity contribution in [2.24, 2.45) is 0 Å². The van der Waals surface area contributed by atoms with Crippen molar-refractivity contribution in [1.29, 1.82) is 0 Å². The van der Waals surface area contributed by atoms with Crippen molar-refractivity contribution in [2.45, 2.75) is 12.3 Å². The molecule has 2 rings (SSSR count). The van der Waals surface area contributed by atoms with Crippen molar-refractivity contribution in [1.82, 2.24) is 0 Å². The Bertz CT molecular complexity index is 708. The van der Waals surface area contributed by atoms with Crippen molar-refractivity contribution in [3.8, 4) is 34.5 Å². The van der Waals surface area contributed by atoms with Crippen LogP contribution >= 0.6 is 0 Å². The molecule has 2 aromatic carbocycles. The number of benzene rings is 2. The van der Waals surface area contributed by atoms with Gasteiger partial charge in [-0.05, 0) is 41.8 Å². The summed E-state index contributed by atoms with van der Waals surface area (Å²) in [7, 11) is 5.80. The number of rotatable bonds is 8. The van der Waals surface area contributed by atoms with Gasteiger partial charge < -0.3 is 34.3 Å². The van der Waals surface area contributed by atoms with Crippen LogP contribution in [0.25, 0.3) is 0 Å². The molecule has 142 valence electrons. The van der Waals surface area contributed by atoms with E-state index in [9.17, 15) is 15.3 Å². The van der Waals surface area contributed by atoms with Crippen LogP contribution in [0.15, 0.2) is 24.3 Å². The third-order valence-electron chi connectivity index (χ3n) is 4.22. The molecular weight excluding hydrogens is 340 g/mol. The van der Waals surface area contributed by atoms with Crippen molar-refractivity contribution >= 4 is 0 Å². The SMILES string of the molecule is COc1cc(CC(CO)c2cc(OC)c(O)c(OC)c2)cc(OC)c1O. The third kappa shape index (κ3) is 3.88. The van der Waals surface area contributed by atoms with Crippen LogP contribution in [0.5, 0.6) is 34.5 Å². The molecule has 7 nitrogen and oxygen atoms in total. The van der Waals surface area contributed by atoms with Crippen LogP contribution in [0.2, 0.25) is 0 Å². The number of phenols is 2. The first-order chi connectivity index (χ1) is 12.5. The van der Waals surface area contributed by atoms with Crippen LogP contribution in [-0.4, -0.2) is 50.4 Å². The quantitative estimate of drug-likeness (QED) is 0.662. The minimum atomic E-state index is -0.294. The molecule has 0 aliphatic rings. The van der Waals surface area contributed by atoms with Crippen LogP contribution in [0.3, 0.4) is 0 Å². The zero-order chi connectivity index (χ0) is 19.3. The topological polar surface area (TPSA) is 97.6 Å². The highest BCUT2D eigenvalue weighted by Gasteiger charge is 2.20. The minimum Gasteiger partial charge on any atom is -0.502 e. The Labute approximate surface area is 152 Å². The summed E-state index contributed by atoms with van der Waals surface area (Å²) in [6.45, 7) is -0.136. The average Bonchev–Trinajstić information content (AvgIpc) is 2.67. The second kappa shape index (κ2) is 8.53. The maximum absolute atomic E-state index is 10.1. The fraction of sp³-hybridized carbons (Fsp3) is 0.368. The number of aromatic hydroxyl groups is 2. The highest BCUT2D eigenvalue weighted by atomic mass is 16.5. The molecular formula is C19H24O7. The van der Waals surface area contributed by atoms with Gasteiger partial charge in [0.2, 0.25) is 11.5 Å². The molecule has 0 radical (unpaired) electrons. The molecule has 0 saturated carbocycles. The molecule has 7 heteroatoms. The smallest absolute Gasteiger partial charge is 0.200 e. The lowest BCUT2D eigenvalue weighted by molar-refractivity contribution is 0.263. The molecule has 0 bridgehead atoms. The van der Waals surface area contributed by atoms with E-state index in [4.69, 9.17) is 18.9 Å². The predicted molar refractivity (Wildman–Crippen MR) is 96.0 cm³/mol. The van der Waals surface area contributed by atoms with Crippen LogP contribution < -0.4 is 18.9 Å². The summed E-state index contributed by atoms with van der Waals surface area (Å²) in [4.78, 5) is 0. The standard InChI is InChI=1S/C19H24O7/c1-23-14-6-11(7-15(24-2)18(14)21)5-13(10-20)12-8-16(25-3)19(22)17(9-12)26-4/h6-9,13,20-22H,5,10H2,1-4H3. The normalized spacial score (nSPS) is 11.7. The summed E-state index contributed by atoms with van der Waals surface area (Å²) in [6, 6.07) is 6.70. The van der Waals surface area contributed by atoms with Gasteiger partial charge in [0.15, 0.2) is 23.0 Å². The van der Waals surface area contributed by atoms with Gasteiger partial charge >= 0.3 is 0 Å². The largest absolute Gasteiger partial charge is 0.502 e. The van der Waals surface area contributed by atoms with Crippen LogP contribution in [0.1, 0.15) is 17.0 Å². The van der Waals surface area contributed by atoms with Crippen LogP contribution in [-0.2, 0) is 6.42 Å². The van der Waals surface area contributed by atoms with Crippen molar-refractivity contribution in [2.75, 3.05) is 35.0 Å². The van der Waals surface area contributed by atoms with Gasteiger partial charge in [0.1, 0.15) is 0 Å². The molecule has 0 saturated heterocycles. The number of ether oxygens (including phenoxy) is 4. The fourth-order valence-corrected chi connectivity index (χ4v) is 2.79. The van der Waals surface area contributed by atoms with Crippen molar-refractivity contribution in [3.05, 3.63) is 35.4 Å². The molecule has 0 aliphatic carbocycles. The highest BCUT2D eigenvalue weighted by Crippen LogP contribution is 2.41. The average molecular weight is 364 g/mol. The number of phenolic OH excluding ortho intramolecular Hbond substituents is 2. The van der Waals surface area contributed by atoms with Gasteiger partial charge in [0.25, 0.3) is 0 Å². The number of hydrogen-bond donors (Lipinski definition) is 3. The van der Waals surface area contributed by atoms with E-state index in [-0.39, 0.29) is 47.0 Å². The zero-order valence-electron chi connectivity index (χ0n) is 15.3. The Morgan fingerprint density at radius 1 is 0.731 bits per heavy atom. The molecule has 0 aromatic heterocycles. The molecule has 0 heterocycles. The lowest BCUT2D eigenvalue weighted by atomic mass is 9.91. The van der Waals surface area contributed by atoms with Gasteiger partial charge in [-0.1, -0.05) is 0 Å². The summed E-state index contributed by atoms with van der Waals surface area (Å²) < 4.78 is 20.7. The molecule has 3 N–H and O–H groups in total. The monoisotopic (exact) mass is 364 g/mol. The first kappa shape index (κ1) is 19.5. The molecule has 0 amide bonds. The summed E-state index contributed by atoms with van der Waals surface area (Å²) in [5.41, 5.74) is 1.55. The van der Waals surface area contributed by atoms with Gasteiger partial charge in [0.05, 0.1) is 35.0 Å². The lowest BCUT2D eigenvalue weighted by Gasteiger charge is -2.19. The fourth-order valence-electron chi connectivity index (χ4n) is 2.79. The Morgan fingerprint density at radius 3 is 1.46 bits per heavy atom. The molecule has 0 spiro atoms. The van der Waals surface area contributed by atoms with E-state index in [1.54, 1.807) is 24.3 Å². The Morgan fingerprint density at radius 2 is 1.12 bits per heavy atom. The summed E-state index contributed by atoms with van der Waals surface area (Å²) in [6.07, 6.45) is 0.445. The van der Waals surface area contributed by atoms with Crippen LogP contribution in [0.4, 0.5) is 0 Å². The molecule has 2 aromatic rings. The maximum Gasteiger partial charge on any atom is 0.200 e. The van der Waals surface area contributed by atoms with Crippen LogP contribution in [0, 0.1) is 0 Å². The number of hydrogen-bond acceptors (Lipinski definition) is 7. The van der Waals surface area contributed by atoms with E-state index < -0.39 is 0 Å². The zero-order valence-corrected chi connectivity index (χ0v) is 15.3.